The summed E-state index contributed by atoms with van der Waals surface area (Å²) in [6, 6.07) is 5.72. The lowest BCUT2D eigenvalue weighted by atomic mass is 10.1. The van der Waals surface area contributed by atoms with Crippen molar-refractivity contribution in [3.05, 3.63) is 47.3 Å². The van der Waals surface area contributed by atoms with Crippen LogP contribution < -0.4 is 20.1 Å². The maximum absolute atomic E-state index is 13.3. The lowest BCUT2D eigenvalue weighted by molar-refractivity contribution is -0.0958. The molecule has 2 aliphatic heterocycles. The summed E-state index contributed by atoms with van der Waals surface area (Å²) in [4.78, 5) is 1.74. The third kappa shape index (κ3) is 5.59. The number of ether oxygens (including phenoxy) is 2. The number of nitrogens with one attached hydrogen (secondary N) is 2. The molecule has 8 heteroatoms. The highest BCUT2D eigenvalue weighted by Crippen LogP contribution is 2.32. The van der Waals surface area contributed by atoms with Gasteiger partial charge >= 0.3 is 6.18 Å². The molecule has 29 heavy (non-hydrogen) atoms. The Morgan fingerprint density at radius 2 is 1.93 bits per heavy atom. The van der Waals surface area contributed by atoms with Crippen molar-refractivity contribution in [3.63, 3.8) is 0 Å². The van der Waals surface area contributed by atoms with Crippen LogP contribution in [0.2, 0.25) is 0 Å². The van der Waals surface area contributed by atoms with E-state index < -0.39 is 11.7 Å². The van der Waals surface area contributed by atoms with Gasteiger partial charge < -0.3 is 25.0 Å². The molecule has 0 aliphatic carbocycles. The zero-order chi connectivity index (χ0) is 20.9. The number of piperidine rings is 1. The molecule has 0 bridgehead atoms. The van der Waals surface area contributed by atoms with E-state index in [1.165, 1.54) is 6.08 Å². The van der Waals surface area contributed by atoms with Crippen LogP contribution in [0.1, 0.15) is 25.3 Å². The Hall–Kier alpha value is -2.35. The summed E-state index contributed by atoms with van der Waals surface area (Å²) in [6.07, 6.45) is 0.266. The van der Waals surface area contributed by atoms with Gasteiger partial charge in [-0.05, 0) is 62.7 Å². The Morgan fingerprint density at radius 1 is 1.17 bits per heavy atom. The smallest absolute Gasteiger partial charge is 0.414 e. The average Bonchev–Trinajstić information content (AvgIpc) is 2.70. The minimum Gasteiger partial charge on any atom is -0.493 e. The largest absolute Gasteiger partial charge is 0.493 e. The number of methoxy groups -OCH3 is 1. The number of benzene rings is 1. The van der Waals surface area contributed by atoms with Gasteiger partial charge in [0, 0.05) is 19.1 Å². The maximum Gasteiger partial charge on any atom is 0.414 e. The van der Waals surface area contributed by atoms with E-state index in [2.05, 4.69) is 10.6 Å². The van der Waals surface area contributed by atoms with Crippen molar-refractivity contribution >= 4 is 0 Å². The second-order valence-corrected chi connectivity index (χ2v) is 7.18. The molecule has 2 heterocycles. The van der Waals surface area contributed by atoms with Crippen LogP contribution in [0.15, 0.2) is 41.7 Å². The van der Waals surface area contributed by atoms with E-state index in [4.69, 9.17) is 9.47 Å². The van der Waals surface area contributed by atoms with E-state index in [0.717, 1.165) is 37.3 Å². The first-order chi connectivity index (χ1) is 13.9. The molecule has 2 N–H and O–H groups in total. The highest BCUT2D eigenvalue weighted by atomic mass is 19.4. The van der Waals surface area contributed by atoms with E-state index in [1.807, 2.05) is 19.1 Å². The highest BCUT2D eigenvalue weighted by molar-refractivity contribution is 5.43. The average molecular weight is 411 g/mol. The van der Waals surface area contributed by atoms with E-state index >= 15 is 0 Å². The van der Waals surface area contributed by atoms with Gasteiger partial charge in [-0.2, -0.15) is 13.2 Å². The monoisotopic (exact) mass is 411 g/mol. The van der Waals surface area contributed by atoms with Crippen LogP contribution in [-0.4, -0.2) is 50.5 Å². The normalized spacial score (nSPS) is 18.2. The highest BCUT2D eigenvalue weighted by Gasteiger charge is 2.36. The second kappa shape index (κ2) is 9.43. The molecular weight excluding hydrogens is 383 g/mol. The third-order valence-electron chi connectivity index (χ3n) is 5.10. The van der Waals surface area contributed by atoms with E-state index in [-0.39, 0.29) is 12.6 Å². The molecule has 1 aromatic rings. The quantitative estimate of drug-likeness (QED) is 0.718. The molecule has 0 amide bonds. The molecule has 3 rings (SSSR count). The van der Waals surface area contributed by atoms with Gasteiger partial charge in [0.15, 0.2) is 11.5 Å². The Balaban J connectivity index is 1.81. The van der Waals surface area contributed by atoms with Gasteiger partial charge in [0.25, 0.3) is 0 Å². The van der Waals surface area contributed by atoms with Crippen LogP contribution in [0.4, 0.5) is 13.2 Å². The number of nitrogens with zero attached hydrogens (tertiary/aromatic N) is 1. The number of allylic oxidation sites excluding steroid dienone is 2. The minimum absolute atomic E-state index is 0.191. The maximum atomic E-state index is 13.3. The summed E-state index contributed by atoms with van der Waals surface area (Å²) in [5.74, 6) is 1.92. The molecule has 1 fully saturated rings. The lowest BCUT2D eigenvalue weighted by Gasteiger charge is -2.35. The van der Waals surface area contributed by atoms with Crippen LogP contribution in [-0.2, 0) is 6.54 Å². The second-order valence-electron chi connectivity index (χ2n) is 7.18. The standard InChI is InChI=1S/C21H28F3N3O2/c1-3-29-19-12-15(4-6-18(19)28-2)13-27-14-16(21(22,23)24)5-7-20(27)26-17-8-10-25-11-9-17/h4-7,12,17,25-26H,3,8-11,13-14H2,1-2H3. The first kappa shape index (κ1) is 21.4. The molecule has 5 nitrogen and oxygen atoms in total. The van der Waals surface area contributed by atoms with Crippen molar-refractivity contribution in [1.29, 1.82) is 0 Å². The molecule has 160 valence electrons. The SMILES string of the molecule is CCOc1cc(CN2CC(C(F)(F)F)=CC=C2NC2CCNCC2)ccc1OC. The Morgan fingerprint density at radius 3 is 2.59 bits per heavy atom. The van der Waals surface area contributed by atoms with Crippen LogP contribution in [0.3, 0.4) is 0 Å². The number of alkyl halides is 3. The summed E-state index contributed by atoms with van der Waals surface area (Å²) >= 11 is 0. The van der Waals surface area contributed by atoms with Crippen molar-refractivity contribution in [1.82, 2.24) is 15.5 Å². The number of hydrogen-bond acceptors (Lipinski definition) is 5. The van der Waals surface area contributed by atoms with Crippen molar-refractivity contribution in [3.8, 4) is 11.5 Å². The number of rotatable bonds is 7. The Bertz CT molecular complexity index is 756. The molecule has 0 saturated carbocycles. The van der Waals surface area contributed by atoms with E-state index in [0.29, 0.717) is 24.7 Å². The van der Waals surface area contributed by atoms with Crippen molar-refractivity contribution in [2.24, 2.45) is 0 Å². The van der Waals surface area contributed by atoms with Gasteiger partial charge in [0.2, 0.25) is 0 Å². The fourth-order valence-electron chi connectivity index (χ4n) is 3.58. The molecular formula is C21H28F3N3O2. The van der Waals surface area contributed by atoms with Gasteiger partial charge in [-0.1, -0.05) is 6.07 Å². The fourth-order valence-corrected chi connectivity index (χ4v) is 3.58. The van der Waals surface area contributed by atoms with E-state index in [9.17, 15) is 13.2 Å². The lowest BCUT2D eigenvalue weighted by Crippen LogP contribution is -2.45. The third-order valence-corrected chi connectivity index (χ3v) is 5.10. The molecule has 0 spiro atoms. The van der Waals surface area contributed by atoms with Crippen LogP contribution in [0.25, 0.3) is 0 Å². The zero-order valence-corrected chi connectivity index (χ0v) is 16.8. The summed E-state index contributed by atoms with van der Waals surface area (Å²) in [7, 11) is 1.56. The molecule has 1 saturated heterocycles. The van der Waals surface area contributed by atoms with Gasteiger partial charge in [-0.3, -0.25) is 0 Å². The molecule has 0 atom stereocenters. The van der Waals surface area contributed by atoms with Crippen molar-refractivity contribution in [2.75, 3.05) is 33.4 Å². The zero-order valence-electron chi connectivity index (χ0n) is 16.8. The van der Waals surface area contributed by atoms with E-state index in [1.54, 1.807) is 24.2 Å². The number of halogens is 3. The van der Waals surface area contributed by atoms with Crippen LogP contribution in [0.5, 0.6) is 11.5 Å². The number of hydrogen-bond donors (Lipinski definition) is 2. The Kier molecular flexibility index (Phi) is 6.95. The summed E-state index contributed by atoms with van der Waals surface area (Å²) in [6.45, 7) is 4.31. The van der Waals surface area contributed by atoms with Crippen LogP contribution in [0, 0.1) is 0 Å². The predicted molar refractivity (Wildman–Crippen MR) is 106 cm³/mol. The minimum atomic E-state index is -4.34. The topological polar surface area (TPSA) is 45.8 Å². The Labute approximate surface area is 169 Å². The van der Waals surface area contributed by atoms with Gasteiger partial charge in [0.05, 0.1) is 19.3 Å². The molecule has 0 unspecified atom stereocenters. The first-order valence-corrected chi connectivity index (χ1v) is 9.90. The van der Waals surface area contributed by atoms with Crippen LogP contribution >= 0.6 is 0 Å². The predicted octanol–water partition coefficient (Wildman–Crippen LogP) is 3.58. The fraction of sp³-hybridized carbons (Fsp3) is 0.524. The molecule has 0 radical (unpaired) electrons. The van der Waals surface area contributed by atoms with Gasteiger partial charge in [-0.15, -0.1) is 0 Å². The van der Waals surface area contributed by atoms with Crippen molar-refractivity contribution in [2.45, 2.75) is 38.5 Å². The van der Waals surface area contributed by atoms with Gasteiger partial charge in [0.1, 0.15) is 5.82 Å². The van der Waals surface area contributed by atoms with Crippen molar-refractivity contribution < 1.29 is 22.6 Å². The summed E-state index contributed by atoms with van der Waals surface area (Å²) in [5.41, 5.74) is 0.308. The molecule has 1 aromatic carbocycles. The summed E-state index contributed by atoms with van der Waals surface area (Å²) in [5, 5.41) is 6.74. The van der Waals surface area contributed by atoms with Gasteiger partial charge in [-0.25, -0.2) is 0 Å². The first-order valence-electron chi connectivity index (χ1n) is 9.90. The molecule has 0 aromatic heterocycles. The molecule has 2 aliphatic rings. The summed E-state index contributed by atoms with van der Waals surface area (Å²) < 4.78 is 50.8.